The second kappa shape index (κ2) is 7.92. The molecule has 150 valence electrons. The van der Waals surface area contributed by atoms with Crippen molar-refractivity contribution in [3.63, 3.8) is 0 Å². The number of nitrogens with zero attached hydrogens (tertiary/aromatic N) is 3. The number of methoxy groups -OCH3 is 2. The second-order valence-electron chi connectivity index (χ2n) is 6.57. The molecule has 0 radical (unpaired) electrons. The third-order valence-corrected chi connectivity index (χ3v) is 4.90. The van der Waals surface area contributed by atoms with Crippen molar-refractivity contribution >= 4 is 22.8 Å². The summed E-state index contributed by atoms with van der Waals surface area (Å²) in [4.78, 5) is 32.1. The molecule has 2 aromatic carbocycles. The highest BCUT2D eigenvalue weighted by Crippen LogP contribution is 2.23. The minimum Gasteiger partial charge on any atom is -0.497 e. The van der Waals surface area contributed by atoms with Crippen LogP contribution in [0.5, 0.6) is 5.75 Å². The summed E-state index contributed by atoms with van der Waals surface area (Å²) in [5, 5.41) is 0.422. The molecule has 2 heterocycles. The first-order valence-electron chi connectivity index (χ1n) is 9.24. The Balaban J connectivity index is 1.94. The molecule has 0 saturated carbocycles. The van der Waals surface area contributed by atoms with Gasteiger partial charge in [-0.3, -0.25) is 4.79 Å². The van der Waals surface area contributed by atoms with Crippen molar-refractivity contribution in [2.75, 3.05) is 45.4 Å². The summed E-state index contributed by atoms with van der Waals surface area (Å²) >= 11 is 0. The van der Waals surface area contributed by atoms with Crippen LogP contribution in [0.15, 0.2) is 47.3 Å². The highest BCUT2D eigenvalue weighted by molar-refractivity contribution is 5.94. The van der Waals surface area contributed by atoms with Gasteiger partial charge in [-0.15, -0.1) is 0 Å². The lowest BCUT2D eigenvalue weighted by Crippen LogP contribution is -2.40. The molecule has 0 spiro atoms. The summed E-state index contributed by atoms with van der Waals surface area (Å²) in [7, 11) is 2.91. The number of rotatable bonds is 4. The van der Waals surface area contributed by atoms with E-state index in [0.29, 0.717) is 60.2 Å². The van der Waals surface area contributed by atoms with Crippen molar-refractivity contribution in [2.24, 2.45) is 0 Å². The predicted octanol–water partition coefficient (Wildman–Crippen LogP) is 2.02. The maximum Gasteiger partial charge on any atom is 0.337 e. The molecule has 1 saturated heterocycles. The molecule has 4 rings (SSSR count). The zero-order chi connectivity index (χ0) is 20.4. The molecule has 8 nitrogen and oxygen atoms in total. The van der Waals surface area contributed by atoms with Crippen LogP contribution < -0.4 is 15.2 Å². The maximum atomic E-state index is 13.4. The number of esters is 1. The van der Waals surface area contributed by atoms with Crippen molar-refractivity contribution in [3.8, 4) is 11.4 Å². The minimum atomic E-state index is -0.471. The third-order valence-electron chi connectivity index (χ3n) is 4.90. The van der Waals surface area contributed by atoms with Crippen LogP contribution in [-0.4, -0.2) is 56.0 Å². The fourth-order valence-electron chi connectivity index (χ4n) is 3.36. The van der Waals surface area contributed by atoms with Gasteiger partial charge in [-0.25, -0.2) is 14.3 Å². The van der Waals surface area contributed by atoms with E-state index >= 15 is 0 Å². The molecular formula is C21H21N3O5. The Hall–Kier alpha value is -3.39. The van der Waals surface area contributed by atoms with Crippen LogP contribution in [0.25, 0.3) is 16.6 Å². The molecule has 1 aliphatic rings. The van der Waals surface area contributed by atoms with Crippen LogP contribution in [-0.2, 0) is 9.47 Å². The number of hydrogen-bond acceptors (Lipinski definition) is 7. The van der Waals surface area contributed by atoms with E-state index in [-0.39, 0.29) is 5.56 Å². The molecule has 1 aromatic heterocycles. The van der Waals surface area contributed by atoms with Gasteiger partial charge in [0.1, 0.15) is 5.75 Å². The van der Waals surface area contributed by atoms with Crippen molar-refractivity contribution in [1.29, 1.82) is 0 Å². The number of benzene rings is 2. The van der Waals surface area contributed by atoms with Crippen molar-refractivity contribution < 1.29 is 19.0 Å². The van der Waals surface area contributed by atoms with Crippen LogP contribution in [0, 0.1) is 0 Å². The highest BCUT2D eigenvalue weighted by atomic mass is 16.5. The third kappa shape index (κ3) is 3.54. The molecule has 1 fully saturated rings. The lowest BCUT2D eigenvalue weighted by Gasteiger charge is -2.30. The average molecular weight is 395 g/mol. The quantitative estimate of drug-likeness (QED) is 0.625. The van der Waals surface area contributed by atoms with Crippen LogP contribution in [0.2, 0.25) is 0 Å². The first-order chi connectivity index (χ1) is 14.1. The Morgan fingerprint density at radius 3 is 2.45 bits per heavy atom. The monoisotopic (exact) mass is 395 g/mol. The summed E-state index contributed by atoms with van der Waals surface area (Å²) in [6.45, 7) is 2.34. The highest BCUT2D eigenvalue weighted by Gasteiger charge is 2.21. The van der Waals surface area contributed by atoms with E-state index < -0.39 is 5.97 Å². The Morgan fingerprint density at radius 1 is 1.07 bits per heavy atom. The van der Waals surface area contributed by atoms with E-state index in [2.05, 4.69) is 0 Å². The molecule has 0 bridgehead atoms. The van der Waals surface area contributed by atoms with Crippen molar-refractivity contribution in [3.05, 3.63) is 58.4 Å². The lowest BCUT2D eigenvalue weighted by molar-refractivity contribution is 0.0601. The normalized spacial score (nSPS) is 14.1. The number of carbonyl (C=O) groups is 1. The van der Waals surface area contributed by atoms with E-state index in [0.717, 1.165) is 0 Å². The van der Waals surface area contributed by atoms with E-state index in [1.54, 1.807) is 42.0 Å². The Morgan fingerprint density at radius 2 is 1.79 bits per heavy atom. The largest absolute Gasteiger partial charge is 0.497 e. The molecular weight excluding hydrogens is 374 g/mol. The molecule has 0 unspecified atom stereocenters. The average Bonchev–Trinajstić information content (AvgIpc) is 2.78. The summed E-state index contributed by atoms with van der Waals surface area (Å²) in [6, 6.07) is 12.0. The minimum absolute atomic E-state index is 0.210. The van der Waals surface area contributed by atoms with Gasteiger partial charge in [-0.05, 0) is 42.5 Å². The molecule has 0 N–H and O–H groups in total. The molecule has 0 aliphatic carbocycles. The fraction of sp³-hybridized carbons (Fsp3) is 0.286. The van der Waals surface area contributed by atoms with Crippen LogP contribution in [0.4, 0.5) is 5.95 Å². The topological polar surface area (TPSA) is 82.9 Å². The van der Waals surface area contributed by atoms with Gasteiger partial charge in [-0.1, -0.05) is 0 Å². The number of aromatic nitrogens is 2. The molecule has 3 aromatic rings. The zero-order valence-electron chi connectivity index (χ0n) is 16.3. The Labute approximate surface area is 167 Å². The zero-order valence-corrected chi connectivity index (χ0v) is 16.3. The van der Waals surface area contributed by atoms with Gasteiger partial charge in [0.25, 0.3) is 5.56 Å². The predicted molar refractivity (Wildman–Crippen MR) is 108 cm³/mol. The van der Waals surface area contributed by atoms with E-state index in [1.165, 1.54) is 7.11 Å². The molecule has 8 heteroatoms. The van der Waals surface area contributed by atoms with Gasteiger partial charge >= 0.3 is 5.97 Å². The van der Waals surface area contributed by atoms with Gasteiger partial charge in [0.05, 0.1) is 49.6 Å². The molecule has 0 atom stereocenters. The smallest absolute Gasteiger partial charge is 0.337 e. The van der Waals surface area contributed by atoms with Gasteiger partial charge < -0.3 is 19.1 Å². The van der Waals surface area contributed by atoms with Gasteiger partial charge in [0.15, 0.2) is 0 Å². The van der Waals surface area contributed by atoms with E-state index in [1.807, 2.05) is 17.0 Å². The number of anilines is 1. The standard InChI is InChI=1S/C21H21N3O5/c1-27-16-6-4-15(5-7-16)24-19(25)17-8-3-14(20(26)28-2)13-18(17)22-21(24)23-9-11-29-12-10-23/h3-8,13H,9-12H2,1-2H3. The SMILES string of the molecule is COC(=O)c1ccc2c(=O)n(-c3ccc(OC)cc3)c(N3CCOCC3)nc2c1. The number of hydrogen-bond donors (Lipinski definition) is 0. The number of ether oxygens (including phenoxy) is 3. The Bertz CT molecular complexity index is 1100. The second-order valence-corrected chi connectivity index (χ2v) is 6.57. The number of carbonyl (C=O) groups excluding carboxylic acids is 1. The lowest BCUT2D eigenvalue weighted by atomic mass is 10.1. The maximum absolute atomic E-state index is 13.4. The number of morpholine rings is 1. The van der Waals surface area contributed by atoms with E-state index in [9.17, 15) is 9.59 Å². The van der Waals surface area contributed by atoms with Crippen molar-refractivity contribution in [1.82, 2.24) is 9.55 Å². The number of fused-ring (bicyclic) bond motifs is 1. The summed E-state index contributed by atoms with van der Waals surface area (Å²) in [6.07, 6.45) is 0. The van der Waals surface area contributed by atoms with Crippen molar-refractivity contribution in [2.45, 2.75) is 0 Å². The first-order valence-corrected chi connectivity index (χ1v) is 9.24. The van der Waals surface area contributed by atoms with E-state index in [4.69, 9.17) is 19.2 Å². The Kier molecular flexibility index (Phi) is 5.18. The van der Waals surface area contributed by atoms with Crippen LogP contribution >= 0.6 is 0 Å². The van der Waals surface area contributed by atoms with Gasteiger partial charge in [0, 0.05) is 13.1 Å². The van der Waals surface area contributed by atoms with Crippen LogP contribution in [0.1, 0.15) is 10.4 Å². The molecule has 29 heavy (non-hydrogen) atoms. The molecule has 0 amide bonds. The fourth-order valence-corrected chi connectivity index (χ4v) is 3.36. The summed E-state index contributed by atoms with van der Waals surface area (Å²) in [5.41, 5.74) is 1.27. The summed E-state index contributed by atoms with van der Waals surface area (Å²) in [5.74, 6) is 0.741. The summed E-state index contributed by atoms with van der Waals surface area (Å²) < 4.78 is 17.0. The van der Waals surface area contributed by atoms with Crippen LogP contribution in [0.3, 0.4) is 0 Å². The first kappa shape index (κ1) is 18.9. The molecule has 1 aliphatic heterocycles. The van der Waals surface area contributed by atoms with Gasteiger partial charge in [0.2, 0.25) is 5.95 Å². The van der Waals surface area contributed by atoms with Gasteiger partial charge in [-0.2, -0.15) is 0 Å².